The van der Waals surface area contributed by atoms with E-state index < -0.39 is 5.97 Å². The zero-order valence-electron chi connectivity index (χ0n) is 13.3. The highest BCUT2D eigenvalue weighted by Crippen LogP contribution is 2.47. The number of hydrogen-bond acceptors (Lipinski definition) is 1. The molecule has 3 unspecified atom stereocenters. The number of aryl methyl sites for hydroxylation is 1. The van der Waals surface area contributed by atoms with Gasteiger partial charge in [-0.05, 0) is 60.6 Å². The van der Waals surface area contributed by atoms with Gasteiger partial charge in [0.15, 0.2) is 0 Å². The van der Waals surface area contributed by atoms with Crippen LogP contribution < -0.4 is 0 Å². The SMILES string of the molecule is Cc1ccc(C2CC(C(C)(C)C)CCC2C(=O)O)cc1Cl. The normalized spacial score (nSPS) is 26.6. The first kappa shape index (κ1) is 16.4. The summed E-state index contributed by atoms with van der Waals surface area (Å²) in [5.74, 6) is -0.344. The molecule has 0 aromatic heterocycles. The molecule has 1 aromatic carbocycles. The highest BCUT2D eigenvalue weighted by molar-refractivity contribution is 6.31. The summed E-state index contributed by atoms with van der Waals surface area (Å²) in [5, 5.41) is 10.3. The Bertz CT molecular complexity index is 531. The first-order valence-corrected chi connectivity index (χ1v) is 8.07. The molecule has 3 heteroatoms. The molecular weight excluding hydrogens is 284 g/mol. The maximum atomic E-state index is 11.6. The van der Waals surface area contributed by atoms with Gasteiger partial charge in [0.05, 0.1) is 5.92 Å². The highest BCUT2D eigenvalue weighted by atomic mass is 35.5. The Hall–Kier alpha value is -1.02. The van der Waals surface area contributed by atoms with Gasteiger partial charge in [0.2, 0.25) is 0 Å². The van der Waals surface area contributed by atoms with Gasteiger partial charge in [-0.1, -0.05) is 44.5 Å². The van der Waals surface area contributed by atoms with E-state index in [-0.39, 0.29) is 17.3 Å². The molecule has 0 amide bonds. The second-order valence-electron chi connectivity index (χ2n) is 7.44. The zero-order chi connectivity index (χ0) is 15.8. The smallest absolute Gasteiger partial charge is 0.307 e. The quantitative estimate of drug-likeness (QED) is 0.807. The van der Waals surface area contributed by atoms with E-state index in [1.54, 1.807) is 0 Å². The molecule has 3 atom stereocenters. The van der Waals surface area contributed by atoms with Gasteiger partial charge in [0.25, 0.3) is 0 Å². The molecule has 116 valence electrons. The monoisotopic (exact) mass is 308 g/mol. The Morgan fingerprint density at radius 1 is 1.29 bits per heavy atom. The molecule has 0 radical (unpaired) electrons. The summed E-state index contributed by atoms with van der Waals surface area (Å²) in [4.78, 5) is 11.6. The number of carboxylic acid groups (broad SMARTS) is 1. The molecule has 1 aliphatic rings. The first-order valence-electron chi connectivity index (χ1n) is 7.69. The Balaban J connectivity index is 2.33. The molecule has 2 rings (SSSR count). The fourth-order valence-electron chi connectivity index (χ4n) is 3.46. The van der Waals surface area contributed by atoms with Crippen LogP contribution in [0, 0.1) is 24.2 Å². The average Bonchev–Trinajstić information content (AvgIpc) is 2.40. The van der Waals surface area contributed by atoms with Gasteiger partial charge in [-0.25, -0.2) is 0 Å². The lowest BCUT2D eigenvalue weighted by Crippen LogP contribution is -2.34. The maximum Gasteiger partial charge on any atom is 0.307 e. The topological polar surface area (TPSA) is 37.3 Å². The first-order chi connectivity index (χ1) is 9.70. The summed E-state index contributed by atoms with van der Waals surface area (Å²) in [6.07, 6.45) is 2.68. The van der Waals surface area contributed by atoms with Gasteiger partial charge >= 0.3 is 5.97 Å². The molecule has 2 nitrogen and oxygen atoms in total. The highest BCUT2D eigenvalue weighted by Gasteiger charge is 2.39. The number of benzene rings is 1. The Morgan fingerprint density at radius 3 is 2.48 bits per heavy atom. The predicted octanol–water partition coefficient (Wildman–Crippen LogP) is 5.28. The Labute approximate surface area is 132 Å². The minimum atomic E-state index is -0.677. The molecule has 1 fully saturated rings. The second kappa shape index (κ2) is 6.00. The van der Waals surface area contributed by atoms with Crippen molar-refractivity contribution >= 4 is 17.6 Å². The number of carboxylic acids is 1. The van der Waals surface area contributed by atoms with E-state index in [1.165, 1.54) is 0 Å². The van der Waals surface area contributed by atoms with Gasteiger partial charge in [0, 0.05) is 5.02 Å². The van der Waals surface area contributed by atoms with Gasteiger partial charge in [0.1, 0.15) is 0 Å². The van der Waals surface area contributed by atoms with Gasteiger partial charge in [-0.15, -0.1) is 0 Å². The van der Waals surface area contributed by atoms with Crippen molar-refractivity contribution in [3.05, 3.63) is 34.3 Å². The molecule has 21 heavy (non-hydrogen) atoms. The summed E-state index contributed by atoms with van der Waals surface area (Å²) in [7, 11) is 0. The Kier molecular flexibility index (Phi) is 4.67. The molecule has 1 N–H and O–H groups in total. The van der Waals surface area contributed by atoms with Crippen LogP contribution in [0.15, 0.2) is 18.2 Å². The van der Waals surface area contributed by atoms with Gasteiger partial charge < -0.3 is 5.11 Å². The number of hydrogen-bond donors (Lipinski definition) is 1. The summed E-state index contributed by atoms with van der Waals surface area (Å²) in [6, 6.07) is 6.01. The van der Waals surface area contributed by atoms with E-state index in [0.29, 0.717) is 5.92 Å². The van der Waals surface area contributed by atoms with E-state index in [4.69, 9.17) is 11.6 Å². The number of carbonyl (C=O) groups is 1. The third-order valence-electron chi connectivity index (χ3n) is 5.02. The minimum absolute atomic E-state index is 0.0681. The minimum Gasteiger partial charge on any atom is -0.481 e. The maximum absolute atomic E-state index is 11.6. The van der Waals surface area contributed by atoms with E-state index >= 15 is 0 Å². The van der Waals surface area contributed by atoms with E-state index in [9.17, 15) is 9.90 Å². The van der Waals surface area contributed by atoms with Crippen LogP contribution in [-0.2, 0) is 4.79 Å². The third-order valence-corrected chi connectivity index (χ3v) is 5.42. The van der Waals surface area contributed by atoms with Crippen LogP contribution in [0.1, 0.15) is 57.1 Å². The van der Waals surface area contributed by atoms with Crippen LogP contribution in [0.3, 0.4) is 0 Å². The number of aliphatic carboxylic acids is 1. The molecule has 0 saturated heterocycles. The summed E-state index contributed by atoms with van der Waals surface area (Å²) < 4.78 is 0. The third kappa shape index (κ3) is 3.60. The lowest BCUT2D eigenvalue weighted by atomic mass is 9.64. The average molecular weight is 309 g/mol. The molecule has 0 heterocycles. The molecule has 1 saturated carbocycles. The predicted molar refractivity (Wildman–Crippen MR) is 86.9 cm³/mol. The van der Waals surface area contributed by atoms with Crippen molar-refractivity contribution in [3.63, 3.8) is 0 Å². The van der Waals surface area contributed by atoms with Crippen molar-refractivity contribution in [1.82, 2.24) is 0 Å². The molecule has 0 spiro atoms. The van der Waals surface area contributed by atoms with Crippen molar-refractivity contribution in [1.29, 1.82) is 0 Å². The van der Waals surface area contributed by atoms with Crippen LogP contribution >= 0.6 is 11.6 Å². The van der Waals surface area contributed by atoms with Gasteiger partial charge in [-0.3, -0.25) is 4.79 Å². The summed E-state index contributed by atoms with van der Waals surface area (Å²) in [5.41, 5.74) is 2.33. The lowest BCUT2D eigenvalue weighted by molar-refractivity contribution is -0.144. The van der Waals surface area contributed by atoms with Crippen LogP contribution in [0.4, 0.5) is 0 Å². The van der Waals surface area contributed by atoms with E-state index in [2.05, 4.69) is 20.8 Å². The number of halogens is 1. The van der Waals surface area contributed by atoms with Crippen molar-refractivity contribution in [2.24, 2.45) is 17.3 Å². The van der Waals surface area contributed by atoms with E-state index in [0.717, 1.165) is 35.4 Å². The van der Waals surface area contributed by atoms with Crippen molar-refractivity contribution in [3.8, 4) is 0 Å². The fourth-order valence-corrected chi connectivity index (χ4v) is 3.65. The standard InChI is InChI=1S/C18H25ClO2/c1-11-5-6-12(9-16(11)19)15-10-13(18(2,3)4)7-8-14(15)17(20)21/h5-6,9,13-15H,7-8,10H2,1-4H3,(H,20,21). The fraction of sp³-hybridized carbons (Fsp3) is 0.611. The van der Waals surface area contributed by atoms with Crippen LogP contribution in [0.5, 0.6) is 0 Å². The molecular formula is C18H25ClO2. The number of rotatable bonds is 2. The Morgan fingerprint density at radius 2 is 1.95 bits per heavy atom. The zero-order valence-corrected chi connectivity index (χ0v) is 14.1. The molecule has 1 aliphatic carbocycles. The summed E-state index contributed by atoms with van der Waals surface area (Å²) >= 11 is 6.24. The largest absolute Gasteiger partial charge is 0.481 e. The van der Waals surface area contributed by atoms with Crippen molar-refractivity contribution in [2.45, 2.75) is 52.9 Å². The second-order valence-corrected chi connectivity index (χ2v) is 7.84. The molecule has 1 aromatic rings. The van der Waals surface area contributed by atoms with Crippen LogP contribution in [0.2, 0.25) is 5.02 Å². The summed E-state index contributed by atoms with van der Waals surface area (Å²) in [6.45, 7) is 8.72. The lowest BCUT2D eigenvalue weighted by Gasteiger charge is -2.40. The van der Waals surface area contributed by atoms with Crippen molar-refractivity contribution < 1.29 is 9.90 Å². The van der Waals surface area contributed by atoms with Crippen LogP contribution in [-0.4, -0.2) is 11.1 Å². The van der Waals surface area contributed by atoms with Gasteiger partial charge in [-0.2, -0.15) is 0 Å². The van der Waals surface area contributed by atoms with Crippen LogP contribution in [0.25, 0.3) is 0 Å². The molecule has 0 bridgehead atoms. The molecule has 0 aliphatic heterocycles. The van der Waals surface area contributed by atoms with Crippen molar-refractivity contribution in [2.75, 3.05) is 0 Å². The van der Waals surface area contributed by atoms with E-state index in [1.807, 2.05) is 25.1 Å².